The van der Waals surface area contributed by atoms with Crippen LogP contribution in [-0.2, 0) is 20.0 Å². The van der Waals surface area contributed by atoms with Crippen LogP contribution in [-0.4, -0.2) is 41.8 Å². The first-order chi connectivity index (χ1) is 13.0. The number of hydrogen-bond acceptors (Lipinski definition) is 5. The van der Waals surface area contributed by atoms with Crippen molar-refractivity contribution in [2.45, 2.75) is 11.8 Å². The fourth-order valence-electron chi connectivity index (χ4n) is 2.25. The molecule has 0 aromatic heterocycles. The molecule has 0 unspecified atom stereocenters. The molecule has 2 aromatic rings. The molecule has 152 valence electrons. The predicted octanol–water partition coefficient (Wildman–Crippen LogP) is 3.43. The first kappa shape index (κ1) is 22.2. The largest absolute Gasteiger partial charge is 0.384 e. The molecule has 2 rings (SSSR count). The second-order valence-electron chi connectivity index (χ2n) is 6.03. The zero-order valence-electron chi connectivity index (χ0n) is 15.7. The van der Waals surface area contributed by atoms with E-state index in [4.69, 9.17) is 11.6 Å². The summed E-state index contributed by atoms with van der Waals surface area (Å²) < 4.78 is 53.2. The lowest BCUT2D eigenvalue weighted by molar-refractivity contribution is 0.521. The van der Waals surface area contributed by atoms with Gasteiger partial charge in [-0.25, -0.2) is 21.1 Å². The van der Waals surface area contributed by atoms with Crippen LogP contribution >= 0.6 is 11.6 Å². The van der Waals surface area contributed by atoms with Crippen LogP contribution in [0.3, 0.4) is 0 Å². The van der Waals surface area contributed by atoms with Crippen LogP contribution in [0.4, 0.5) is 11.4 Å². The highest BCUT2D eigenvalue weighted by atomic mass is 35.5. The van der Waals surface area contributed by atoms with Crippen molar-refractivity contribution in [2.75, 3.05) is 30.7 Å². The summed E-state index contributed by atoms with van der Waals surface area (Å²) in [6.45, 7) is 2.39. The number of nitrogens with one attached hydrogen (secondary N) is 2. The molecule has 0 amide bonds. The molecule has 2 aromatic carbocycles. The van der Waals surface area contributed by atoms with E-state index in [9.17, 15) is 16.8 Å². The van der Waals surface area contributed by atoms with Crippen molar-refractivity contribution in [1.29, 1.82) is 0 Å². The van der Waals surface area contributed by atoms with Crippen LogP contribution in [0.1, 0.15) is 12.5 Å². The third-order valence-electron chi connectivity index (χ3n) is 3.70. The van der Waals surface area contributed by atoms with Crippen LogP contribution in [0, 0.1) is 0 Å². The van der Waals surface area contributed by atoms with E-state index in [0.717, 1.165) is 9.71 Å². The van der Waals surface area contributed by atoms with E-state index in [1.54, 1.807) is 24.3 Å². The van der Waals surface area contributed by atoms with Crippen LogP contribution < -0.4 is 10.0 Å². The summed E-state index contributed by atoms with van der Waals surface area (Å²) in [6.07, 6.45) is 1.42. The Kier molecular flexibility index (Phi) is 7.11. The number of nitrogens with zero attached hydrogens (tertiary/aromatic N) is 1. The van der Waals surface area contributed by atoms with Crippen LogP contribution in [0.5, 0.6) is 0 Å². The summed E-state index contributed by atoms with van der Waals surface area (Å²) in [7, 11) is -4.77. The van der Waals surface area contributed by atoms with E-state index in [1.807, 2.05) is 6.92 Å². The van der Waals surface area contributed by atoms with E-state index in [-0.39, 0.29) is 10.6 Å². The van der Waals surface area contributed by atoms with Crippen molar-refractivity contribution in [3.63, 3.8) is 0 Å². The Morgan fingerprint density at radius 1 is 1.00 bits per heavy atom. The molecule has 0 aliphatic rings. The molecule has 0 saturated heterocycles. The van der Waals surface area contributed by atoms with Gasteiger partial charge in [0.05, 0.1) is 21.7 Å². The lowest BCUT2D eigenvalue weighted by atomic mass is 10.2. The standard InChI is InChI=1S/C18H22ClN3O4S2/c1-4-20-17-10-9-16(28(25,26)22(2)3)13-18(17)21-27(23,24)12-11-14-5-7-15(19)8-6-14/h5-13,20-21H,4H2,1-3H3/b12-11+. The normalized spacial score (nSPS) is 12.5. The summed E-state index contributed by atoms with van der Waals surface area (Å²) in [5.74, 6) is 0. The Labute approximate surface area is 171 Å². The van der Waals surface area contributed by atoms with E-state index in [1.165, 1.54) is 38.4 Å². The van der Waals surface area contributed by atoms with Gasteiger partial charge in [-0.1, -0.05) is 23.7 Å². The SMILES string of the molecule is CCNc1ccc(S(=O)(=O)N(C)C)cc1NS(=O)(=O)/C=C/c1ccc(Cl)cc1. The van der Waals surface area contributed by atoms with Gasteiger partial charge >= 0.3 is 0 Å². The monoisotopic (exact) mass is 443 g/mol. The van der Waals surface area contributed by atoms with Crippen molar-refractivity contribution >= 4 is 49.1 Å². The van der Waals surface area contributed by atoms with Crippen molar-refractivity contribution in [3.8, 4) is 0 Å². The second-order valence-corrected chi connectivity index (χ2v) is 10.2. The molecular formula is C18H22ClN3O4S2. The maximum absolute atomic E-state index is 12.5. The molecule has 2 N–H and O–H groups in total. The second kappa shape index (κ2) is 8.95. The highest BCUT2D eigenvalue weighted by Gasteiger charge is 2.20. The minimum absolute atomic E-state index is 0.0152. The first-order valence-electron chi connectivity index (χ1n) is 8.32. The molecule has 0 bridgehead atoms. The Morgan fingerprint density at radius 2 is 1.64 bits per heavy atom. The number of halogens is 1. The third-order valence-corrected chi connectivity index (χ3v) is 6.76. The molecule has 0 aliphatic carbocycles. The van der Waals surface area contributed by atoms with Gasteiger partial charge in [0.15, 0.2) is 0 Å². The zero-order valence-corrected chi connectivity index (χ0v) is 18.1. The quantitative estimate of drug-likeness (QED) is 0.651. The summed E-state index contributed by atoms with van der Waals surface area (Å²) in [6, 6.07) is 10.9. The van der Waals surface area contributed by atoms with Crippen molar-refractivity contribution in [2.24, 2.45) is 0 Å². The molecule has 28 heavy (non-hydrogen) atoms. The van der Waals surface area contributed by atoms with Crippen molar-refractivity contribution in [1.82, 2.24) is 4.31 Å². The number of benzene rings is 2. The minimum Gasteiger partial charge on any atom is -0.384 e. The Morgan fingerprint density at radius 3 is 2.21 bits per heavy atom. The lowest BCUT2D eigenvalue weighted by Crippen LogP contribution is -2.22. The average Bonchev–Trinajstić information content (AvgIpc) is 2.62. The summed E-state index contributed by atoms with van der Waals surface area (Å²) in [5.41, 5.74) is 1.28. The predicted molar refractivity (Wildman–Crippen MR) is 115 cm³/mol. The van der Waals surface area contributed by atoms with Gasteiger partial charge in [0.1, 0.15) is 0 Å². The van der Waals surface area contributed by atoms with Gasteiger partial charge in [-0.3, -0.25) is 4.72 Å². The first-order valence-corrected chi connectivity index (χ1v) is 11.7. The average molecular weight is 444 g/mol. The van der Waals surface area contributed by atoms with Crippen LogP contribution in [0.25, 0.3) is 6.08 Å². The lowest BCUT2D eigenvalue weighted by Gasteiger charge is -2.16. The number of rotatable bonds is 8. The Hall–Kier alpha value is -2.07. The maximum Gasteiger partial charge on any atom is 0.255 e. The van der Waals surface area contributed by atoms with Gasteiger partial charge < -0.3 is 5.32 Å². The van der Waals surface area contributed by atoms with Gasteiger partial charge in [0, 0.05) is 25.7 Å². The Bertz CT molecular complexity index is 1060. The van der Waals surface area contributed by atoms with E-state index >= 15 is 0 Å². The number of anilines is 2. The third kappa shape index (κ3) is 5.71. The molecule has 10 heteroatoms. The van der Waals surface area contributed by atoms with Crippen molar-refractivity contribution < 1.29 is 16.8 Å². The summed E-state index contributed by atoms with van der Waals surface area (Å²) in [4.78, 5) is -0.0152. The maximum atomic E-state index is 12.5. The molecule has 0 heterocycles. The van der Waals surface area contributed by atoms with E-state index in [0.29, 0.717) is 22.8 Å². The van der Waals surface area contributed by atoms with Crippen LogP contribution in [0.2, 0.25) is 5.02 Å². The molecular weight excluding hydrogens is 422 g/mol. The summed E-state index contributed by atoms with van der Waals surface area (Å²) >= 11 is 5.82. The molecule has 0 aliphatic heterocycles. The van der Waals surface area contributed by atoms with E-state index in [2.05, 4.69) is 10.0 Å². The highest BCUT2D eigenvalue weighted by Crippen LogP contribution is 2.28. The van der Waals surface area contributed by atoms with Gasteiger partial charge in [-0.2, -0.15) is 0 Å². The molecule has 7 nitrogen and oxygen atoms in total. The fourth-order valence-corrected chi connectivity index (χ4v) is 4.19. The molecule has 0 spiro atoms. The highest BCUT2D eigenvalue weighted by molar-refractivity contribution is 7.95. The molecule has 0 atom stereocenters. The summed E-state index contributed by atoms with van der Waals surface area (Å²) in [5, 5.41) is 4.57. The van der Waals surface area contributed by atoms with Gasteiger partial charge in [0.2, 0.25) is 10.0 Å². The van der Waals surface area contributed by atoms with Gasteiger partial charge in [-0.15, -0.1) is 0 Å². The Balaban J connectivity index is 2.37. The molecule has 0 fully saturated rings. The van der Waals surface area contributed by atoms with Gasteiger partial charge in [0.25, 0.3) is 10.0 Å². The number of sulfonamides is 2. The zero-order chi connectivity index (χ0) is 20.9. The van der Waals surface area contributed by atoms with E-state index < -0.39 is 20.0 Å². The molecule has 0 saturated carbocycles. The minimum atomic E-state index is -3.88. The number of hydrogen-bond donors (Lipinski definition) is 2. The topological polar surface area (TPSA) is 95.6 Å². The van der Waals surface area contributed by atoms with Gasteiger partial charge in [-0.05, 0) is 48.9 Å². The smallest absolute Gasteiger partial charge is 0.255 e. The van der Waals surface area contributed by atoms with Crippen LogP contribution in [0.15, 0.2) is 52.8 Å². The fraction of sp³-hybridized carbons (Fsp3) is 0.222. The van der Waals surface area contributed by atoms with Crippen molar-refractivity contribution in [3.05, 3.63) is 58.5 Å². The molecule has 0 radical (unpaired) electrons.